The topological polar surface area (TPSA) is 49.4 Å². The zero-order valence-corrected chi connectivity index (χ0v) is 14.4. The van der Waals surface area contributed by atoms with Crippen LogP contribution in [0.3, 0.4) is 0 Å². The van der Waals surface area contributed by atoms with E-state index in [-0.39, 0.29) is 24.0 Å². The lowest BCUT2D eigenvalue weighted by Gasteiger charge is -2.26. The summed E-state index contributed by atoms with van der Waals surface area (Å²) in [6.07, 6.45) is 0. The Kier molecular flexibility index (Phi) is 5.04. The summed E-state index contributed by atoms with van der Waals surface area (Å²) >= 11 is 0. The molecule has 4 heteroatoms. The molecule has 0 aliphatic rings. The molecular formula is C19H24N2O2. The highest BCUT2D eigenvalue weighted by molar-refractivity contribution is 6.06. The standard InChI is InChI=1S/C19H24N2O2/c1-12(2)20-19(23)21(13(3)4)18(22)17-9-8-15-10-14(5)6-7-16(15)11-17/h6-13H,1-5H3,(H,20,23). The van der Waals surface area contributed by atoms with E-state index in [2.05, 4.69) is 11.4 Å². The Morgan fingerprint density at radius 1 is 0.957 bits per heavy atom. The molecule has 0 heterocycles. The van der Waals surface area contributed by atoms with Gasteiger partial charge in [0.15, 0.2) is 0 Å². The number of carbonyl (C=O) groups is 2. The molecule has 1 N–H and O–H groups in total. The van der Waals surface area contributed by atoms with Crippen molar-refractivity contribution in [2.45, 2.75) is 46.7 Å². The van der Waals surface area contributed by atoms with Gasteiger partial charge in [-0.2, -0.15) is 0 Å². The molecule has 2 rings (SSSR count). The zero-order chi connectivity index (χ0) is 17.1. The van der Waals surface area contributed by atoms with E-state index >= 15 is 0 Å². The fourth-order valence-electron chi connectivity index (χ4n) is 2.52. The lowest BCUT2D eigenvalue weighted by Crippen LogP contribution is -2.49. The molecule has 0 saturated carbocycles. The Bertz CT molecular complexity index is 735. The molecule has 0 saturated heterocycles. The maximum atomic E-state index is 12.8. The maximum Gasteiger partial charge on any atom is 0.324 e. The number of amides is 3. The highest BCUT2D eigenvalue weighted by atomic mass is 16.2. The SMILES string of the molecule is Cc1ccc2cc(C(=O)N(C(=O)NC(C)C)C(C)C)ccc2c1. The number of hydrogen-bond donors (Lipinski definition) is 1. The lowest BCUT2D eigenvalue weighted by molar-refractivity contribution is 0.0761. The molecule has 0 fully saturated rings. The molecule has 3 amide bonds. The summed E-state index contributed by atoms with van der Waals surface area (Å²) in [6, 6.07) is 11.0. The van der Waals surface area contributed by atoms with Gasteiger partial charge in [0.25, 0.3) is 5.91 Å². The number of nitrogens with one attached hydrogen (secondary N) is 1. The second-order valence-electron chi connectivity index (χ2n) is 6.44. The van der Waals surface area contributed by atoms with Gasteiger partial charge in [-0.05, 0) is 57.5 Å². The number of urea groups is 1. The summed E-state index contributed by atoms with van der Waals surface area (Å²) in [6.45, 7) is 9.46. The van der Waals surface area contributed by atoms with Crippen LogP contribution in [0.5, 0.6) is 0 Å². The first-order valence-electron chi connectivity index (χ1n) is 7.94. The van der Waals surface area contributed by atoms with E-state index in [1.807, 2.05) is 58.9 Å². The van der Waals surface area contributed by atoms with Crippen molar-refractivity contribution in [1.82, 2.24) is 10.2 Å². The molecule has 0 aliphatic carbocycles. The minimum atomic E-state index is -0.357. The van der Waals surface area contributed by atoms with Gasteiger partial charge >= 0.3 is 6.03 Å². The van der Waals surface area contributed by atoms with Crippen molar-refractivity contribution >= 4 is 22.7 Å². The van der Waals surface area contributed by atoms with E-state index in [9.17, 15) is 9.59 Å². The average molecular weight is 312 g/mol. The molecule has 0 atom stereocenters. The first-order chi connectivity index (χ1) is 10.8. The molecule has 0 unspecified atom stereocenters. The first kappa shape index (κ1) is 17.0. The summed E-state index contributed by atoms with van der Waals surface area (Å²) in [5.41, 5.74) is 1.70. The van der Waals surface area contributed by atoms with Crippen LogP contribution in [-0.2, 0) is 0 Å². The van der Waals surface area contributed by atoms with Crippen LogP contribution in [0.15, 0.2) is 36.4 Å². The zero-order valence-electron chi connectivity index (χ0n) is 14.4. The van der Waals surface area contributed by atoms with Gasteiger partial charge in [-0.3, -0.25) is 9.69 Å². The van der Waals surface area contributed by atoms with E-state index in [0.29, 0.717) is 5.56 Å². The highest BCUT2D eigenvalue weighted by Gasteiger charge is 2.26. The number of fused-ring (bicyclic) bond motifs is 1. The lowest BCUT2D eigenvalue weighted by atomic mass is 10.0. The number of hydrogen-bond acceptors (Lipinski definition) is 2. The molecule has 23 heavy (non-hydrogen) atoms. The van der Waals surface area contributed by atoms with Gasteiger partial charge in [0, 0.05) is 17.6 Å². The van der Waals surface area contributed by atoms with Crippen molar-refractivity contribution in [2.75, 3.05) is 0 Å². The van der Waals surface area contributed by atoms with Crippen molar-refractivity contribution in [3.8, 4) is 0 Å². The molecule has 2 aromatic rings. The summed E-state index contributed by atoms with van der Waals surface area (Å²) in [7, 11) is 0. The number of aryl methyl sites for hydroxylation is 1. The second kappa shape index (κ2) is 6.82. The van der Waals surface area contributed by atoms with Gasteiger partial charge in [-0.15, -0.1) is 0 Å². The largest absolute Gasteiger partial charge is 0.335 e. The summed E-state index contributed by atoms with van der Waals surface area (Å²) in [5, 5.41) is 4.87. The smallest absolute Gasteiger partial charge is 0.324 e. The minimum absolute atomic E-state index is 0.0175. The van der Waals surface area contributed by atoms with Gasteiger partial charge in [-0.25, -0.2) is 4.79 Å². The van der Waals surface area contributed by atoms with Crippen LogP contribution in [0, 0.1) is 6.92 Å². The fraction of sp³-hybridized carbons (Fsp3) is 0.368. The summed E-state index contributed by atoms with van der Waals surface area (Å²) in [5.74, 6) is -0.277. The van der Waals surface area contributed by atoms with Crippen molar-refractivity contribution in [3.63, 3.8) is 0 Å². The van der Waals surface area contributed by atoms with Crippen molar-refractivity contribution in [3.05, 3.63) is 47.5 Å². The first-order valence-corrected chi connectivity index (χ1v) is 7.94. The fourth-order valence-corrected chi connectivity index (χ4v) is 2.52. The van der Waals surface area contributed by atoms with E-state index in [0.717, 1.165) is 10.8 Å². The monoisotopic (exact) mass is 312 g/mol. The minimum Gasteiger partial charge on any atom is -0.335 e. The Morgan fingerprint density at radius 2 is 1.57 bits per heavy atom. The van der Waals surface area contributed by atoms with Crippen molar-refractivity contribution < 1.29 is 9.59 Å². The number of imide groups is 1. The van der Waals surface area contributed by atoms with Crippen molar-refractivity contribution in [2.24, 2.45) is 0 Å². The van der Waals surface area contributed by atoms with Crippen LogP contribution >= 0.6 is 0 Å². The van der Waals surface area contributed by atoms with Gasteiger partial charge in [0.05, 0.1) is 0 Å². The number of nitrogens with zero attached hydrogens (tertiary/aromatic N) is 1. The van der Waals surface area contributed by atoms with Crippen LogP contribution in [0.2, 0.25) is 0 Å². The molecule has 0 radical (unpaired) electrons. The van der Waals surface area contributed by atoms with Gasteiger partial charge in [-0.1, -0.05) is 29.8 Å². The van der Waals surface area contributed by atoms with E-state index < -0.39 is 0 Å². The van der Waals surface area contributed by atoms with Crippen LogP contribution in [0.1, 0.15) is 43.6 Å². The molecule has 4 nitrogen and oxygen atoms in total. The molecule has 0 aliphatic heterocycles. The van der Waals surface area contributed by atoms with Gasteiger partial charge < -0.3 is 5.32 Å². The summed E-state index contributed by atoms with van der Waals surface area (Å²) < 4.78 is 0. The Morgan fingerprint density at radius 3 is 2.17 bits per heavy atom. The van der Waals surface area contributed by atoms with Crippen LogP contribution in [0.25, 0.3) is 10.8 Å². The van der Waals surface area contributed by atoms with Crippen LogP contribution in [-0.4, -0.2) is 28.9 Å². The number of rotatable bonds is 3. The Balaban J connectivity index is 2.36. The van der Waals surface area contributed by atoms with Gasteiger partial charge in [0.2, 0.25) is 0 Å². The van der Waals surface area contributed by atoms with E-state index in [1.54, 1.807) is 6.07 Å². The van der Waals surface area contributed by atoms with E-state index in [1.165, 1.54) is 10.5 Å². The third-order valence-corrected chi connectivity index (χ3v) is 3.61. The van der Waals surface area contributed by atoms with Gasteiger partial charge in [0.1, 0.15) is 0 Å². The van der Waals surface area contributed by atoms with Crippen LogP contribution in [0.4, 0.5) is 4.79 Å². The second-order valence-corrected chi connectivity index (χ2v) is 6.44. The third kappa shape index (κ3) is 3.89. The molecule has 0 spiro atoms. The molecule has 122 valence electrons. The Labute approximate surface area is 137 Å². The number of carbonyl (C=O) groups excluding carboxylic acids is 2. The molecular weight excluding hydrogens is 288 g/mol. The van der Waals surface area contributed by atoms with Crippen molar-refractivity contribution in [1.29, 1.82) is 0 Å². The maximum absolute atomic E-state index is 12.8. The van der Waals surface area contributed by atoms with Crippen LogP contribution < -0.4 is 5.32 Å². The Hall–Kier alpha value is -2.36. The average Bonchev–Trinajstić information content (AvgIpc) is 2.45. The number of benzene rings is 2. The quantitative estimate of drug-likeness (QED) is 0.927. The molecule has 0 aromatic heterocycles. The molecule has 0 bridgehead atoms. The predicted molar refractivity (Wildman–Crippen MR) is 93.7 cm³/mol. The molecule has 2 aromatic carbocycles. The summed E-state index contributed by atoms with van der Waals surface area (Å²) in [4.78, 5) is 26.4. The normalized spacial score (nSPS) is 11.1. The third-order valence-electron chi connectivity index (χ3n) is 3.61. The van der Waals surface area contributed by atoms with E-state index in [4.69, 9.17) is 0 Å². The highest BCUT2D eigenvalue weighted by Crippen LogP contribution is 2.19. The predicted octanol–water partition coefficient (Wildman–Crippen LogP) is 4.12.